The van der Waals surface area contributed by atoms with Gasteiger partial charge in [-0.25, -0.2) is 0 Å². The fourth-order valence-corrected chi connectivity index (χ4v) is 2.28. The van der Waals surface area contributed by atoms with Gasteiger partial charge in [-0.15, -0.1) is 0 Å². The highest BCUT2D eigenvalue weighted by Gasteiger charge is 2.13. The summed E-state index contributed by atoms with van der Waals surface area (Å²) in [6, 6.07) is 14.4. The number of carbonyl (C=O) groups excluding carboxylic acids is 1. The lowest BCUT2D eigenvalue weighted by atomic mass is 9.99. The number of rotatable bonds is 2. The number of thioether (sulfide) groups is 1. The van der Waals surface area contributed by atoms with Crippen LogP contribution in [0.1, 0.15) is 18.4 Å². The molecule has 0 aliphatic heterocycles. The van der Waals surface area contributed by atoms with Gasteiger partial charge >= 0.3 is 0 Å². The molecule has 2 rings (SSSR count). The van der Waals surface area contributed by atoms with Gasteiger partial charge in [0.15, 0.2) is 5.12 Å². The molecular formula is C14H14OS. The molecule has 1 nitrogen and oxygen atoms in total. The molecule has 0 heterocycles. The van der Waals surface area contributed by atoms with Gasteiger partial charge in [-0.2, -0.15) is 0 Å². The number of carbonyl (C=O) groups is 1. The van der Waals surface area contributed by atoms with E-state index >= 15 is 0 Å². The van der Waals surface area contributed by atoms with Crippen LogP contribution in [-0.4, -0.2) is 11.4 Å². The summed E-state index contributed by atoms with van der Waals surface area (Å²) in [5.41, 5.74) is 1.10. The Kier molecular flexibility index (Phi) is 3.30. The topological polar surface area (TPSA) is 17.1 Å². The Balaban J connectivity index is 2.43. The normalized spacial score (nSPS) is 12.6. The average molecular weight is 230 g/mol. The Morgan fingerprint density at radius 2 is 1.81 bits per heavy atom. The van der Waals surface area contributed by atoms with Crippen LogP contribution >= 0.6 is 11.8 Å². The molecular weight excluding hydrogens is 216 g/mol. The third-order valence-corrected chi connectivity index (χ3v) is 3.58. The molecule has 0 bridgehead atoms. The minimum Gasteiger partial charge on any atom is -0.287 e. The third-order valence-electron chi connectivity index (χ3n) is 2.83. The van der Waals surface area contributed by atoms with Crippen LogP contribution in [0.4, 0.5) is 0 Å². The number of hydrogen-bond acceptors (Lipinski definition) is 2. The maximum Gasteiger partial charge on any atom is 0.195 e. The predicted octanol–water partition coefficient (Wildman–Crippen LogP) is 3.83. The van der Waals surface area contributed by atoms with Crippen molar-refractivity contribution in [2.75, 3.05) is 6.26 Å². The van der Waals surface area contributed by atoms with Crippen molar-refractivity contribution >= 4 is 27.6 Å². The first kappa shape index (κ1) is 11.2. The molecule has 0 N–H and O–H groups in total. The van der Waals surface area contributed by atoms with E-state index in [0.29, 0.717) is 0 Å². The Bertz CT molecular complexity index is 519. The molecule has 0 saturated heterocycles. The molecule has 0 aliphatic carbocycles. The van der Waals surface area contributed by atoms with Crippen LogP contribution in [0.3, 0.4) is 0 Å². The van der Waals surface area contributed by atoms with Crippen LogP contribution < -0.4 is 0 Å². The highest BCUT2D eigenvalue weighted by molar-refractivity contribution is 8.13. The molecule has 0 amide bonds. The van der Waals surface area contributed by atoms with Gasteiger partial charge < -0.3 is 0 Å². The van der Waals surface area contributed by atoms with Gasteiger partial charge in [0.25, 0.3) is 0 Å². The fourth-order valence-electron chi connectivity index (χ4n) is 1.79. The third kappa shape index (κ3) is 2.12. The SMILES string of the molecule is CSC(=O)[C@@H](C)c1ccc2ccccc2c1. The minimum atomic E-state index is -0.0281. The Morgan fingerprint density at radius 1 is 1.12 bits per heavy atom. The number of benzene rings is 2. The molecule has 0 spiro atoms. The van der Waals surface area contributed by atoms with Gasteiger partial charge in [-0.05, 0) is 22.6 Å². The van der Waals surface area contributed by atoms with Gasteiger partial charge in [0.05, 0.1) is 5.92 Å². The van der Waals surface area contributed by atoms with E-state index in [1.165, 1.54) is 22.5 Å². The van der Waals surface area contributed by atoms with E-state index in [4.69, 9.17) is 0 Å². The standard InChI is InChI=1S/C14H14OS/c1-10(14(15)16-2)12-8-7-11-5-3-4-6-13(11)9-12/h3-10H,1-2H3/t10-/m0/s1. The number of hydrogen-bond donors (Lipinski definition) is 0. The first-order chi connectivity index (χ1) is 7.72. The Labute approximate surface area is 99.9 Å². The lowest BCUT2D eigenvalue weighted by Gasteiger charge is -2.09. The highest BCUT2D eigenvalue weighted by atomic mass is 32.2. The summed E-state index contributed by atoms with van der Waals surface area (Å²) in [7, 11) is 0. The largest absolute Gasteiger partial charge is 0.287 e. The van der Waals surface area contributed by atoms with Crippen LogP contribution in [0, 0.1) is 0 Å². The second kappa shape index (κ2) is 4.71. The number of fused-ring (bicyclic) bond motifs is 1. The van der Waals surface area contributed by atoms with E-state index in [1.807, 2.05) is 31.4 Å². The first-order valence-electron chi connectivity index (χ1n) is 5.29. The van der Waals surface area contributed by atoms with Gasteiger partial charge in [0.2, 0.25) is 0 Å². The van der Waals surface area contributed by atoms with Crippen molar-refractivity contribution in [1.82, 2.24) is 0 Å². The molecule has 0 fully saturated rings. The highest BCUT2D eigenvalue weighted by Crippen LogP contribution is 2.24. The molecule has 0 aliphatic rings. The maximum atomic E-state index is 11.6. The van der Waals surface area contributed by atoms with Crippen molar-refractivity contribution in [1.29, 1.82) is 0 Å². The van der Waals surface area contributed by atoms with Crippen molar-refractivity contribution in [3.8, 4) is 0 Å². The molecule has 0 aromatic heterocycles. The van der Waals surface area contributed by atoms with Gasteiger partial charge in [0, 0.05) is 0 Å². The minimum absolute atomic E-state index is 0.0281. The van der Waals surface area contributed by atoms with Crippen LogP contribution in [0.15, 0.2) is 42.5 Å². The zero-order chi connectivity index (χ0) is 11.5. The van der Waals surface area contributed by atoms with Crippen molar-refractivity contribution < 1.29 is 4.79 Å². The molecule has 0 radical (unpaired) electrons. The van der Waals surface area contributed by atoms with E-state index in [0.717, 1.165) is 5.56 Å². The summed E-state index contributed by atoms with van der Waals surface area (Å²) in [5.74, 6) is -0.0281. The second-order valence-electron chi connectivity index (χ2n) is 3.85. The molecule has 0 unspecified atom stereocenters. The van der Waals surface area contributed by atoms with Crippen LogP contribution in [0.2, 0.25) is 0 Å². The molecule has 2 aromatic rings. The summed E-state index contributed by atoms with van der Waals surface area (Å²) in [4.78, 5) is 11.6. The van der Waals surface area contributed by atoms with E-state index in [-0.39, 0.29) is 11.0 Å². The summed E-state index contributed by atoms with van der Waals surface area (Å²) in [5, 5.41) is 2.63. The monoisotopic (exact) mass is 230 g/mol. The predicted molar refractivity (Wildman–Crippen MR) is 70.9 cm³/mol. The van der Waals surface area contributed by atoms with Crippen molar-refractivity contribution in [2.24, 2.45) is 0 Å². The summed E-state index contributed by atoms with van der Waals surface area (Å²) in [6.45, 7) is 1.96. The fraction of sp³-hybridized carbons (Fsp3) is 0.214. The second-order valence-corrected chi connectivity index (χ2v) is 4.66. The van der Waals surface area contributed by atoms with Crippen LogP contribution in [0.25, 0.3) is 10.8 Å². The quantitative estimate of drug-likeness (QED) is 0.780. The lowest BCUT2D eigenvalue weighted by Crippen LogP contribution is -2.03. The Morgan fingerprint density at radius 3 is 2.50 bits per heavy atom. The zero-order valence-electron chi connectivity index (χ0n) is 9.44. The van der Waals surface area contributed by atoms with E-state index in [9.17, 15) is 4.79 Å². The van der Waals surface area contributed by atoms with Crippen LogP contribution in [-0.2, 0) is 4.79 Å². The lowest BCUT2D eigenvalue weighted by molar-refractivity contribution is -0.111. The molecule has 2 aromatic carbocycles. The summed E-state index contributed by atoms with van der Waals surface area (Å²) >= 11 is 1.29. The van der Waals surface area contributed by atoms with Gasteiger partial charge in [-0.3, -0.25) is 4.79 Å². The molecule has 1 atom stereocenters. The van der Waals surface area contributed by atoms with E-state index in [1.54, 1.807) is 0 Å². The zero-order valence-corrected chi connectivity index (χ0v) is 10.3. The average Bonchev–Trinajstić information content (AvgIpc) is 2.36. The molecule has 2 heteroatoms. The van der Waals surface area contributed by atoms with Crippen molar-refractivity contribution in [3.63, 3.8) is 0 Å². The van der Waals surface area contributed by atoms with E-state index < -0.39 is 0 Å². The smallest absolute Gasteiger partial charge is 0.195 e. The molecule has 82 valence electrons. The summed E-state index contributed by atoms with van der Waals surface area (Å²) < 4.78 is 0. The Hall–Kier alpha value is -1.28. The van der Waals surface area contributed by atoms with Crippen molar-refractivity contribution in [2.45, 2.75) is 12.8 Å². The first-order valence-corrected chi connectivity index (χ1v) is 6.51. The summed E-state index contributed by atoms with van der Waals surface area (Å²) in [6.07, 6.45) is 1.83. The van der Waals surface area contributed by atoms with Gasteiger partial charge in [0.1, 0.15) is 0 Å². The molecule has 16 heavy (non-hydrogen) atoms. The van der Waals surface area contributed by atoms with Gasteiger partial charge in [-0.1, -0.05) is 61.2 Å². The van der Waals surface area contributed by atoms with Crippen LogP contribution in [0.5, 0.6) is 0 Å². The maximum absolute atomic E-state index is 11.6. The molecule has 0 saturated carbocycles. The van der Waals surface area contributed by atoms with E-state index in [2.05, 4.69) is 24.3 Å². The van der Waals surface area contributed by atoms with Crippen molar-refractivity contribution in [3.05, 3.63) is 48.0 Å².